The van der Waals surface area contributed by atoms with Crippen molar-refractivity contribution in [3.63, 3.8) is 0 Å². The van der Waals surface area contributed by atoms with Gasteiger partial charge < -0.3 is 14.8 Å². The second kappa shape index (κ2) is 15.3. The number of benzene rings is 4. The zero-order chi connectivity index (χ0) is 38.8. The van der Waals surface area contributed by atoms with Gasteiger partial charge in [0.25, 0.3) is 0 Å². The Labute approximate surface area is 304 Å². The van der Waals surface area contributed by atoms with E-state index in [4.69, 9.17) is 4.74 Å². The number of halogens is 8. The third-order valence-electron chi connectivity index (χ3n) is 7.63. The van der Waals surface area contributed by atoms with Crippen LogP contribution in [-0.2, 0) is 28.9 Å². The lowest BCUT2D eigenvalue weighted by Crippen LogP contribution is -2.31. The SMILES string of the molecule is Cc1ccc(COCc2ccc(F)cc2C(F)(F)F)c(N2C(=O)CSC2=NC(=O)Nc2ccc(-c3ncn(-c4ccc(OC(F)(F)F)cc4)n3)cc2F)c1. The molecule has 0 spiro atoms. The number of hydrogen-bond acceptors (Lipinski definition) is 7. The molecule has 1 aromatic heterocycles. The number of aliphatic imine (C=N–C) groups is 1. The topological polar surface area (TPSA) is 111 Å². The maximum Gasteiger partial charge on any atom is 0.573 e. The van der Waals surface area contributed by atoms with E-state index in [9.17, 15) is 40.3 Å². The molecular weight excluding hydrogens is 752 g/mol. The molecule has 0 radical (unpaired) electrons. The van der Waals surface area contributed by atoms with Crippen molar-refractivity contribution in [2.45, 2.75) is 32.7 Å². The fourth-order valence-electron chi connectivity index (χ4n) is 5.20. The minimum absolute atomic E-state index is 0.0491. The number of nitrogens with zero attached hydrogens (tertiary/aromatic N) is 5. The van der Waals surface area contributed by atoms with Gasteiger partial charge in [-0.2, -0.15) is 18.2 Å². The molecule has 10 nitrogen and oxygen atoms in total. The summed E-state index contributed by atoms with van der Waals surface area (Å²) in [6.07, 6.45) is -8.39. The van der Waals surface area contributed by atoms with E-state index in [1.807, 2.05) is 0 Å². The Hall–Kier alpha value is -5.82. The molecule has 1 fully saturated rings. The van der Waals surface area contributed by atoms with Crippen molar-refractivity contribution in [1.29, 1.82) is 0 Å². The number of alkyl halides is 6. The second-order valence-electron chi connectivity index (χ2n) is 11.5. The summed E-state index contributed by atoms with van der Waals surface area (Å²) in [4.78, 5) is 35.3. The molecule has 0 atom stereocenters. The van der Waals surface area contributed by atoms with Crippen molar-refractivity contribution in [1.82, 2.24) is 14.8 Å². The van der Waals surface area contributed by atoms with Crippen molar-refractivity contribution < 1.29 is 54.2 Å². The fourth-order valence-corrected chi connectivity index (χ4v) is 6.06. The monoisotopic (exact) mass is 776 g/mol. The van der Waals surface area contributed by atoms with Crippen LogP contribution in [0.4, 0.5) is 51.3 Å². The lowest BCUT2D eigenvalue weighted by atomic mass is 10.1. The molecule has 3 amide bonds. The standard InChI is InChI=1S/C35H24F8N6O4S/c1-19-2-3-22(16-52-15-21-4-6-23(36)14-26(21)34(38,39)40)29(12-19)49-30(50)17-54-33(49)46-32(51)45-28-11-5-20(13-27(28)37)31-44-18-48(47-31)24-7-9-25(10-8-24)53-35(41,42)43/h2-14,18H,15-17H2,1H3,(H,45,51). The van der Waals surface area contributed by atoms with E-state index in [1.54, 1.807) is 25.1 Å². The van der Waals surface area contributed by atoms with Gasteiger partial charge in [0.2, 0.25) is 5.91 Å². The number of amidine groups is 1. The third kappa shape index (κ3) is 9.03. The van der Waals surface area contributed by atoms with Crippen LogP contribution in [0.15, 0.2) is 90.2 Å². The summed E-state index contributed by atoms with van der Waals surface area (Å²) in [7, 11) is 0. The van der Waals surface area contributed by atoms with Crippen molar-refractivity contribution in [3.05, 3.63) is 119 Å². The van der Waals surface area contributed by atoms with Crippen molar-refractivity contribution in [2.24, 2.45) is 4.99 Å². The van der Waals surface area contributed by atoms with Gasteiger partial charge in [0.15, 0.2) is 11.0 Å². The molecule has 1 aliphatic heterocycles. The molecular formula is C35H24F8N6O4S. The number of urea groups is 1. The third-order valence-corrected chi connectivity index (χ3v) is 8.56. The number of carbonyl (C=O) groups is 2. The number of anilines is 2. The summed E-state index contributed by atoms with van der Waals surface area (Å²) in [5.74, 6) is -2.85. The predicted octanol–water partition coefficient (Wildman–Crippen LogP) is 8.82. The summed E-state index contributed by atoms with van der Waals surface area (Å²) in [5.41, 5.74) is 0.167. The van der Waals surface area contributed by atoms with E-state index in [2.05, 4.69) is 25.1 Å². The van der Waals surface area contributed by atoms with E-state index < -0.39 is 54.0 Å². The van der Waals surface area contributed by atoms with Crippen LogP contribution in [-0.4, -0.2) is 44.0 Å². The summed E-state index contributed by atoms with van der Waals surface area (Å²) in [6, 6.07) is 14.6. The first-order valence-electron chi connectivity index (χ1n) is 15.5. The van der Waals surface area contributed by atoms with Gasteiger partial charge in [0.1, 0.15) is 23.7 Å². The number of rotatable bonds is 9. The van der Waals surface area contributed by atoms with Gasteiger partial charge in [-0.05, 0) is 78.7 Å². The maximum absolute atomic E-state index is 15.2. The number of carbonyl (C=O) groups excluding carboxylic acids is 2. The molecule has 1 N–H and O–H groups in total. The number of amides is 3. The number of thioether (sulfide) groups is 1. The number of ether oxygens (including phenoxy) is 2. The minimum Gasteiger partial charge on any atom is -0.406 e. The van der Waals surface area contributed by atoms with Gasteiger partial charge >= 0.3 is 18.6 Å². The molecule has 0 aliphatic carbocycles. The van der Waals surface area contributed by atoms with Gasteiger partial charge in [-0.3, -0.25) is 9.69 Å². The highest BCUT2D eigenvalue weighted by atomic mass is 32.2. The first kappa shape index (κ1) is 37.9. The van der Waals surface area contributed by atoms with Crippen molar-refractivity contribution in [3.8, 4) is 22.8 Å². The molecule has 4 aromatic carbocycles. The molecule has 19 heteroatoms. The highest BCUT2D eigenvalue weighted by Gasteiger charge is 2.35. The average molecular weight is 777 g/mol. The van der Waals surface area contributed by atoms with E-state index in [0.717, 1.165) is 47.0 Å². The van der Waals surface area contributed by atoms with Crippen LogP contribution in [0.2, 0.25) is 0 Å². The smallest absolute Gasteiger partial charge is 0.406 e. The molecule has 0 unspecified atom stereocenters. The van der Waals surface area contributed by atoms with Crippen molar-refractivity contribution in [2.75, 3.05) is 16.0 Å². The van der Waals surface area contributed by atoms with Gasteiger partial charge in [-0.15, -0.1) is 18.3 Å². The first-order valence-corrected chi connectivity index (χ1v) is 16.5. The lowest BCUT2D eigenvalue weighted by molar-refractivity contribution is -0.274. The Morgan fingerprint density at radius 3 is 2.35 bits per heavy atom. The molecule has 0 bridgehead atoms. The van der Waals surface area contributed by atoms with Crippen LogP contribution in [0.3, 0.4) is 0 Å². The fraction of sp³-hybridized carbons (Fsp3) is 0.171. The molecule has 54 heavy (non-hydrogen) atoms. The van der Waals surface area contributed by atoms with Crippen molar-refractivity contribution >= 4 is 40.2 Å². The van der Waals surface area contributed by atoms with E-state index >= 15 is 4.39 Å². The van der Waals surface area contributed by atoms with Gasteiger partial charge in [0, 0.05) is 11.1 Å². The summed E-state index contributed by atoms with van der Waals surface area (Å²) >= 11 is 0.936. The van der Waals surface area contributed by atoms with Crippen LogP contribution < -0.4 is 15.0 Å². The molecule has 0 saturated carbocycles. The maximum atomic E-state index is 15.2. The Morgan fingerprint density at radius 1 is 0.926 bits per heavy atom. The van der Waals surface area contributed by atoms with E-state index in [1.165, 1.54) is 35.3 Å². The van der Waals surface area contributed by atoms with Crippen LogP contribution in [0.1, 0.15) is 22.3 Å². The molecule has 5 aromatic rings. The Morgan fingerprint density at radius 2 is 1.65 bits per heavy atom. The van der Waals surface area contributed by atoms with Crippen LogP contribution in [0, 0.1) is 18.6 Å². The molecule has 1 saturated heterocycles. The zero-order valence-corrected chi connectivity index (χ0v) is 28.3. The number of aryl methyl sites for hydroxylation is 1. The number of hydrogen-bond donors (Lipinski definition) is 1. The average Bonchev–Trinajstić information content (AvgIpc) is 3.73. The quantitative estimate of drug-likeness (QED) is 0.149. The predicted molar refractivity (Wildman–Crippen MR) is 181 cm³/mol. The molecule has 6 rings (SSSR count). The number of aromatic nitrogens is 3. The van der Waals surface area contributed by atoms with Gasteiger partial charge in [-0.1, -0.05) is 30.0 Å². The lowest BCUT2D eigenvalue weighted by Gasteiger charge is -2.21. The summed E-state index contributed by atoms with van der Waals surface area (Å²) in [5, 5.41) is 6.49. The van der Waals surface area contributed by atoms with Crippen LogP contribution >= 0.6 is 11.8 Å². The normalized spacial score (nSPS) is 14.2. The Kier molecular flexibility index (Phi) is 10.7. The molecule has 1 aliphatic rings. The summed E-state index contributed by atoms with van der Waals surface area (Å²) < 4.78 is 117. The molecule has 2 heterocycles. The number of nitrogens with one attached hydrogen (secondary N) is 1. The summed E-state index contributed by atoms with van der Waals surface area (Å²) in [6.45, 7) is 0.959. The zero-order valence-electron chi connectivity index (χ0n) is 27.5. The van der Waals surface area contributed by atoms with Gasteiger partial charge in [0.05, 0.1) is 41.6 Å². The molecule has 280 valence electrons. The Bertz CT molecular complexity index is 2240. The van der Waals surface area contributed by atoms with Gasteiger partial charge in [-0.25, -0.2) is 23.2 Å². The highest BCUT2D eigenvalue weighted by molar-refractivity contribution is 8.15. The highest BCUT2D eigenvalue weighted by Crippen LogP contribution is 2.35. The van der Waals surface area contributed by atoms with E-state index in [0.29, 0.717) is 22.9 Å². The second-order valence-corrected chi connectivity index (χ2v) is 12.5. The van der Waals surface area contributed by atoms with Crippen LogP contribution in [0.5, 0.6) is 5.75 Å². The van der Waals surface area contributed by atoms with Crippen LogP contribution in [0.25, 0.3) is 17.1 Å². The largest absolute Gasteiger partial charge is 0.573 e. The first-order chi connectivity index (χ1) is 25.5. The minimum atomic E-state index is -4.85. The van der Waals surface area contributed by atoms with E-state index in [-0.39, 0.29) is 45.9 Å². The Balaban J connectivity index is 1.14.